The number of halogens is 1. The fourth-order valence-electron chi connectivity index (χ4n) is 1.95. The number of rotatable bonds is 4. The molecule has 2 heterocycles. The second-order valence-electron chi connectivity index (χ2n) is 4.84. The maximum atomic E-state index is 12.1. The summed E-state index contributed by atoms with van der Waals surface area (Å²) in [7, 11) is 0. The maximum absolute atomic E-state index is 12.1. The fraction of sp³-hybridized carbons (Fsp3) is 0.133. The third-order valence-corrected chi connectivity index (χ3v) is 4.54. The van der Waals surface area contributed by atoms with Gasteiger partial charge in [-0.15, -0.1) is 16.4 Å². The van der Waals surface area contributed by atoms with Crippen molar-refractivity contribution in [3.05, 3.63) is 56.3 Å². The normalized spacial score (nSPS) is 10.7. The molecule has 3 aromatic rings. The molecule has 1 aromatic carbocycles. The van der Waals surface area contributed by atoms with E-state index in [2.05, 4.69) is 26.3 Å². The van der Waals surface area contributed by atoms with Crippen LogP contribution in [0.5, 0.6) is 0 Å². The fourth-order valence-corrected chi connectivity index (χ4v) is 3.19. The summed E-state index contributed by atoms with van der Waals surface area (Å²) in [5, 5.41) is 8.64. The second kappa shape index (κ2) is 6.51. The van der Waals surface area contributed by atoms with Gasteiger partial charge in [0.2, 0.25) is 5.91 Å². The monoisotopic (exact) mass is 393 g/mol. The smallest absolute Gasteiger partial charge is 0.387 e. The lowest BCUT2D eigenvalue weighted by molar-refractivity contribution is -0.117. The Morgan fingerprint density at radius 1 is 1.43 bits per heavy atom. The van der Waals surface area contributed by atoms with Crippen molar-refractivity contribution in [3.63, 3.8) is 0 Å². The van der Waals surface area contributed by atoms with E-state index in [0.717, 1.165) is 19.6 Å². The van der Waals surface area contributed by atoms with Crippen LogP contribution in [0.15, 0.2) is 49.4 Å². The average Bonchev–Trinajstić information content (AvgIpc) is 3.13. The highest BCUT2D eigenvalue weighted by Gasteiger charge is 2.14. The number of thiophene rings is 1. The van der Waals surface area contributed by atoms with E-state index in [0.29, 0.717) is 5.69 Å². The average molecular weight is 394 g/mol. The van der Waals surface area contributed by atoms with E-state index in [1.165, 1.54) is 11.3 Å². The molecule has 1 N–H and O–H groups in total. The van der Waals surface area contributed by atoms with Crippen molar-refractivity contribution in [2.75, 3.05) is 5.32 Å². The molecular weight excluding hydrogens is 382 g/mol. The summed E-state index contributed by atoms with van der Waals surface area (Å²) in [6, 6.07) is 9.20. The number of anilines is 1. The van der Waals surface area contributed by atoms with Crippen LogP contribution < -0.4 is 11.1 Å². The number of carbonyl (C=O) groups excluding carboxylic acids is 1. The van der Waals surface area contributed by atoms with Crippen LogP contribution in [0.1, 0.15) is 5.56 Å². The van der Waals surface area contributed by atoms with Crippen molar-refractivity contribution in [1.29, 1.82) is 0 Å². The molecule has 0 bridgehead atoms. The van der Waals surface area contributed by atoms with Gasteiger partial charge >= 0.3 is 5.76 Å². The van der Waals surface area contributed by atoms with Gasteiger partial charge in [0, 0.05) is 4.47 Å². The minimum atomic E-state index is -0.661. The number of hydrogen-bond donors (Lipinski definition) is 1. The molecule has 0 spiro atoms. The first-order valence-corrected chi connectivity index (χ1v) is 8.38. The summed E-state index contributed by atoms with van der Waals surface area (Å²) < 4.78 is 6.85. The molecule has 118 valence electrons. The van der Waals surface area contributed by atoms with Crippen molar-refractivity contribution >= 4 is 38.9 Å². The Hall–Kier alpha value is -2.19. The van der Waals surface area contributed by atoms with E-state index in [4.69, 9.17) is 4.42 Å². The minimum absolute atomic E-state index is 0.214. The zero-order valence-electron chi connectivity index (χ0n) is 12.1. The summed E-state index contributed by atoms with van der Waals surface area (Å²) in [4.78, 5) is 24.6. The summed E-state index contributed by atoms with van der Waals surface area (Å²) >= 11 is 4.80. The highest BCUT2D eigenvalue weighted by molar-refractivity contribution is 9.10. The first-order valence-electron chi connectivity index (χ1n) is 6.71. The Balaban J connectivity index is 1.74. The molecule has 0 fully saturated rings. The number of nitrogens with one attached hydrogen (secondary N) is 1. The van der Waals surface area contributed by atoms with E-state index in [-0.39, 0.29) is 18.3 Å². The summed E-state index contributed by atoms with van der Waals surface area (Å²) in [5.41, 5.74) is 1.71. The van der Waals surface area contributed by atoms with E-state index >= 15 is 0 Å². The molecule has 0 aliphatic heterocycles. The number of carbonyl (C=O) groups is 1. The highest BCUT2D eigenvalue weighted by atomic mass is 79.9. The van der Waals surface area contributed by atoms with Gasteiger partial charge in [0.1, 0.15) is 6.54 Å². The van der Waals surface area contributed by atoms with Crippen LogP contribution in [0.2, 0.25) is 0 Å². The van der Waals surface area contributed by atoms with Crippen LogP contribution in [0.3, 0.4) is 0 Å². The summed E-state index contributed by atoms with van der Waals surface area (Å²) in [6.07, 6.45) is 0. The quantitative estimate of drug-likeness (QED) is 0.737. The lowest BCUT2D eigenvalue weighted by atomic mass is 10.2. The Morgan fingerprint density at radius 3 is 2.96 bits per heavy atom. The standard InChI is InChI=1S/C15H12BrN3O3S/c1-9-4-5-11(10(16)7-9)17-13(20)8-19-15(21)22-14(18-19)12-3-2-6-23-12/h2-7H,8H2,1H3,(H,17,20). The highest BCUT2D eigenvalue weighted by Crippen LogP contribution is 2.23. The molecule has 0 saturated carbocycles. The lowest BCUT2D eigenvalue weighted by Gasteiger charge is -2.07. The van der Waals surface area contributed by atoms with E-state index in [1.807, 2.05) is 30.5 Å². The maximum Gasteiger partial charge on any atom is 0.437 e. The van der Waals surface area contributed by atoms with Crippen LogP contribution in [0, 0.1) is 6.92 Å². The number of benzene rings is 1. The van der Waals surface area contributed by atoms with Crippen LogP contribution in [0.4, 0.5) is 5.69 Å². The Morgan fingerprint density at radius 2 is 2.26 bits per heavy atom. The predicted octanol–water partition coefficient (Wildman–Crippen LogP) is 3.27. The molecule has 1 amide bonds. The largest absolute Gasteiger partial charge is 0.437 e. The molecule has 0 aliphatic rings. The van der Waals surface area contributed by atoms with Gasteiger partial charge in [-0.05, 0) is 52.0 Å². The van der Waals surface area contributed by atoms with Gasteiger partial charge in [0.05, 0.1) is 10.6 Å². The first kappa shape index (κ1) is 15.7. The summed E-state index contributed by atoms with van der Waals surface area (Å²) in [5.74, 6) is -0.802. The van der Waals surface area contributed by atoms with Gasteiger partial charge in [-0.1, -0.05) is 12.1 Å². The molecular formula is C15H12BrN3O3S. The molecule has 0 unspecified atom stereocenters. The molecule has 0 saturated heterocycles. The number of nitrogens with zero attached hydrogens (tertiary/aromatic N) is 2. The first-order chi connectivity index (χ1) is 11.0. The van der Waals surface area contributed by atoms with Gasteiger partial charge in [-0.3, -0.25) is 4.79 Å². The molecule has 0 atom stereocenters. The van der Waals surface area contributed by atoms with Crippen molar-refractivity contribution in [2.45, 2.75) is 13.5 Å². The number of aromatic nitrogens is 2. The van der Waals surface area contributed by atoms with Crippen LogP contribution in [0.25, 0.3) is 10.8 Å². The van der Waals surface area contributed by atoms with Crippen molar-refractivity contribution < 1.29 is 9.21 Å². The van der Waals surface area contributed by atoms with Gasteiger partial charge < -0.3 is 9.73 Å². The summed E-state index contributed by atoms with van der Waals surface area (Å²) in [6.45, 7) is 1.74. The van der Waals surface area contributed by atoms with E-state index in [1.54, 1.807) is 12.1 Å². The molecule has 0 aliphatic carbocycles. The van der Waals surface area contributed by atoms with Crippen molar-refractivity contribution in [1.82, 2.24) is 9.78 Å². The Kier molecular flexibility index (Phi) is 4.44. The zero-order chi connectivity index (χ0) is 16.4. The predicted molar refractivity (Wildman–Crippen MR) is 91.6 cm³/mol. The molecule has 6 nitrogen and oxygen atoms in total. The van der Waals surface area contributed by atoms with Gasteiger partial charge in [0.15, 0.2) is 0 Å². The number of aryl methyl sites for hydroxylation is 1. The number of hydrogen-bond acceptors (Lipinski definition) is 5. The lowest BCUT2D eigenvalue weighted by Crippen LogP contribution is -2.26. The number of amides is 1. The molecule has 2 aromatic heterocycles. The molecule has 0 radical (unpaired) electrons. The van der Waals surface area contributed by atoms with E-state index < -0.39 is 5.76 Å². The molecule has 3 rings (SSSR count). The minimum Gasteiger partial charge on any atom is -0.387 e. The SMILES string of the molecule is Cc1ccc(NC(=O)Cn2nc(-c3cccs3)oc2=O)c(Br)c1. The molecule has 8 heteroatoms. The van der Waals surface area contributed by atoms with Gasteiger partial charge in [-0.2, -0.15) is 4.68 Å². The third-order valence-electron chi connectivity index (χ3n) is 3.03. The third kappa shape index (κ3) is 3.59. The molecule has 23 heavy (non-hydrogen) atoms. The second-order valence-corrected chi connectivity index (χ2v) is 6.64. The van der Waals surface area contributed by atoms with E-state index in [9.17, 15) is 9.59 Å². The van der Waals surface area contributed by atoms with Crippen molar-refractivity contribution in [3.8, 4) is 10.8 Å². The van der Waals surface area contributed by atoms with Gasteiger partial charge in [-0.25, -0.2) is 4.79 Å². The van der Waals surface area contributed by atoms with Crippen LogP contribution >= 0.6 is 27.3 Å². The topological polar surface area (TPSA) is 77.1 Å². The zero-order valence-corrected chi connectivity index (χ0v) is 14.5. The Labute approximate surface area is 143 Å². The van der Waals surface area contributed by atoms with Crippen LogP contribution in [-0.4, -0.2) is 15.7 Å². The van der Waals surface area contributed by atoms with Gasteiger partial charge in [0.25, 0.3) is 5.89 Å². The van der Waals surface area contributed by atoms with Crippen LogP contribution in [-0.2, 0) is 11.3 Å². The Bertz CT molecular complexity index is 899. The van der Waals surface area contributed by atoms with Crippen molar-refractivity contribution in [2.24, 2.45) is 0 Å².